The zero-order valence-corrected chi connectivity index (χ0v) is 13.5. The van der Waals surface area contributed by atoms with Crippen molar-refractivity contribution in [1.82, 2.24) is 5.32 Å². The third kappa shape index (κ3) is 6.02. The summed E-state index contributed by atoms with van der Waals surface area (Å²) in [5.74, 6) is 0.305. The summed E-state index contributed by atoms with van der Waals surface area (Å²) in [6, 6.07) is 5.19. The fraction of sp³-hybridized carbons (Fsp3) is 0.600. The Morgan fingerprint density at radius 3 is 2.79 bits per heavy atom. The van der Waals surface area contributed by atoms with Crippen molar-refractivity contribution in [3.63, 3.8) is 0 Å². The highest BCUT2D eigenvalue weighted by molar-refractivity contribution is 9.10. The first-order valence-electron chi connectivity index (χ1n) is 6.73. The second kappa shape index (κ2) is 8.67. The van der Waals surface area contributed by atoms with E-state index >= 15 is 0 Å². The van der Waals surface area contributed by atoms with Crippen LogP contribution in [0.15, 0.2) is 22.7 Å². The molecule has 0 fully saturated rings. The molecule has 0 heterocycles. The lowest BCUT2D eigenvalue weighted by Gasteiger charge is -2.22. The summed E-state index contributed by atoms with van der Waals surface area (Å²) in [4.78, 5) is 0. The van der Waals surface area contributed by atoms with E-state index < -0.39 is 0 Å². The molecule has 0 aliphatic rings. The van der Waals surface area contributed by atoms with E-state index in [2.05, 4.69) is 35.1 Å². The minimum atomic E-state index is -0.182. The molecule has 1 aromatic rings. The molecule has 0 spiro atoms. The van der Waals surface area contributed by atoms with Gasteiger partial charge < -0.3 is 10.1 Å². The molecule has 2 unspecified atom stereocenters. The molecule has 2 nitrogen and oxygen atoms in total. The van der Waals surface area contributed by atoms with Crippen LogP contribution in [0.4, 0.5) is 4.39 Å². The Labute approximate surface area is 123 Å². The van der Waals surface area contributed by atoms with Crippen LogP contribution < -0.4 is 5.32 Å². The van der Waals surface area contributed by atoms with Gasteiger partial charge in [-0.15, -0.1) is 0 Å². The van der Waals surface area contributed by atoms with E-state index in [0.717, 1.165) is 36.0 Å². The monoisotopic (exact) mass is 331 g/mol. The van der Waals surface area contributed by atoms with Crippen molar-refractivity contribution in [2.75, 3.05) is 20.3 Å². The smallest absolute Gasteiger partial charge is 0.123 e. The summed E-state index contributed by atoms with van der Waals surface area (Å²) in [6.45, 7) is 5.94. The molecular formula is C15H23BrFNO. The molecule has 2 atom stereocenters. The van der Waals surface area contributed by atoms with Crippen LogP contribution in [0.5, 0.6) is 0 Å². The SMILES string of the molecule is CCNC(Cc1cc(F)ccc1Br)CC(C)COC. The molecule has 1 N–H and O–H groups in total. The minimum Gasteiger partial charge on any atom is -0.384 e. The standard InChI is InChI=1S/C15H23BrFNO/c1-4-18-14(7-11(2)10-19-3)9-12-8-13(17)5-6-15(12)16/h5-6,8,11,14,18H,4,7,9-10H2,1-3H3. The third-order valence-corrected chi connectivity index (χ3v) is 3.88. The summed E-state index contributed by atoms with van der Waals surface area (Å²) < 4.78 is 19.5. The van der Waals surface area contributed by atoms with Crippen LogP contribution in [-0.2, 0) is 11.2 Å². The fourth-order valence-corrected chi connectivity index (χ4v) is 2.74. The maximum absolute atomic E-state index is 13.3. The van der Waals surface area contributed by atoms with Crippen molar-refractivity contribution >= 4 is 15.9 Å². The van der Waals surface area contributed by atoms with Crippen LogP contribution in [-0.4, -0.2) is 26.3 Å². The highest BCUT2D eigenvalue weighted by Gasteiger charge is 2.15. The number of rotatable bonds is 8. The van der Waals surface area contributed by atoms with Gasteiger partial charge in [-0.25, -0.2) is 4.39 Å². The fourth-order valence-electron chi connectivity index (χ4n) is 2.33. The Kier molecular flexibility index (Phi) is 7.57. The number of nitrogens with one attached hydrogen (secondary N) is 1. The van der Waals surface area contributed by atoms with Crippen molar-refractivity contribution in [2.24, 2.45) is 5.92 Å². The van der Waals surface area contributed by atoms with Crippen LogP contribution in [0.2, 0.25) is 0 Å². The summed E-state index contributed by atoms with van der Waals surface area (Å²) in [6.07, 6.45) is 1.84. The van der Waals surface area contributed by atoms with Crippen molar-refractivity contribution in [3.8, 4) is 0 Å². The lowest BCUT2D eigenvalue weighted by molar-refractivity contribution is 0.149. The maximum atomic E-state index is 13.3. The predicted molar refractivity (Wildman–Crippen MR) is 80.9 cm³/mol. The van der Waals surface area contributed by atoms with Crippen LogP contribution in [0.3, 0.4) is 0 Å². The van der Waals surface area contributed by atoms with E-state index in [1.54, 1.807) is 19.2 Å². The number of hydrogen-bond donors (Lipinski definition) is 1. The lowest BCUT2D eigenvalue weighted by atomic mass is 9.96. The molecule has 1 aromatic carbocycles. The van der Waals surface area contributed by atoms with Gasteiger partial charge >= 0.3 is 0 Å². The number of methoxy groups -OCH3 is 1. The van der Waals surface area contributed by atoms with Gasteiger partial charge in [0.05, 0.1) is 0 Å². The Balaban J connectivity index is 2.69. The molecule has 0 aliphatic carbocycles. The quantitative estimate of drug-likeness (QED) is 0.782. The van der Waals surface area contributed by atoms with Crippen molar-refractivity contribution < 1.29 is 9.13 Å². The highest BCUT2D eigenvalue weighted by atomic mass is 79.9. The second-order valence-corrected chi connectivity index (χ2v) is 5.85. The Morgan fingerprint density at radius 2 is 2.16 bits per heavy atom. The molecule has 0 bridgehead atoms. The van der Waals surface area contributed by atoms with Gasteiger partial charge in [-0.3, -0.25) is 0 Å². The van der Waals surface area contributed by atoms with Crippen molar-refractivity contribution in [2.45, 2.75) is 32.7 Å². The lowest BCUT2D eigenvalue weighted by Crippen LogP contribution is -2.33. The number of benzene rings is 1. The number of ether oxygens (including phenoxy) is 1. The van der Waals surface area contributed by atoms with Crippen molar-refractivity contribution in [3.05, 3.63) is 34.1 Å². The summed E-state index contributed by atoms with van der Waals surface area (Å²) >= 11 is 3.49. The molecule has 0 saturated carbocycles. The second-order valence-electron chi connectivity index (χ2n) is 4.99. The van der Waals surface area contributed by atoms with Gasteiger partial charge in [0.1, 0.15) is 5.82 Å². The van der Waals surface area contributed by atoms with Gasteiger partial charge in [-0.05, 0) is 49.1 Å². The zero-order chi connectivity index (χ0) is 14.3. The first-order chi connectivity index (χ1) is 9.06. The van der Waals surface area contributed by atoms with E-state index in [0.29, 0.717) is 12.0 Å². The number of hydrogen-bond acceptors (Lipinski definition) is 2. The highest BCUT2D eigenvalue weighted by Crippen LogP contribution is 2.21. The Morgan fingerprint density at radius 1 is 1.42 bits per heavy atom. The molecule has 0 saturated heterocycles. The molecule has 0 aliphatic heterocycles. The van der Waals surface area contributed by atoms with E-state index in [9.17, 15) is 4.39 Å². The van der Waals surface area contributed by atoms with Gasteiger partial charge in [0.2, 0.25) is 0 Å². The molecule has 0 amide bonds. The van der Waals surface area contributed by atoms with E-state index in [4.69, 9.17) is 4.74 Å². The molecule has 1 rings (SSSR count). The average molecular weight is 332 g/mol. The van der Waals surface area contributed by atoms with E-state index in [-0.39, 0.29) is 5.82 Å². The Hall–Kier alpha value is -0.450. The van der Waals surface area contributed by atoms with Crippen molar-refractivity contribution in [1.29, 1.82) is 0 Å². The van der Waals surface area contributed by atoms with Gasteiger partial charge in [-0.2, -0.15) is 0 Å². The summed E-state index contributed by atoms with van der Waals surface area (Å²) in [5, 5.41) is 3.47. The predicted octanol–water partition coefficient (Wildman–Crippen LogP) is 3.78. The third-order valence-electron chi connectivity index (χ3n) is 3.10. The van der Waals surface area contributed by atoms with Gasteiger partial charge in [0.25, 0.3) is 0 Å². The summed E-state index contributed by atoms with van der Waals surface area (Å²) in [5.41, 5.74) is 1.01. The number of halogens is 2. The van der Waals surface area contributed by atoms with E-state index in [1.807, 2.05) is 0 Å². The van der Waals surface area contributed by atoms with E-state index in [1.165, 1.54) is 6.07 Å². The maximum Gasteiger partial charge on any atom is 0.123 e. The summed E-state index contributed by atoms with van der Waals surface area (Å²) in [7, 11) is 1.72. The molecule has 0 aromatic heterocycles. The zero-order valence-electron chi connectivity index (χ0n) is 11.9. The number of likely N-dealkylation sites (N-methyl/N-ethyl adjacent to an activating group) is 1. The van der Waals surface area contributed by atoms with Gasteiger partial charge in [0.15, 0.2) is 0 Å². The molecule has 0 radical (unpaired) electrons. The first kappa shape index (κ1) is 16.6. The normalized spacial score (nSPS) is 14.4. The first-order valence-corrected chi connectivity index (χ1v) is 7.52. The minimum absolute atomic E-state index is 0.182. The molecule has 4 heteroatoms. The van der Waals surface area contributed by atoms with Crippen LogP contribution >= 0.6 is 15.9 Å². The van der Waals surface area contributed by atoms with Crippen LogP contribution in [0, 0.1) is 11.7 Å². The molecular weight excluding hydrogens is 309 g/mol. The largest absolute Gasteiger partial charge is 0.384 e. The van der Waals surface area contributed by atoms with Gasteiger partial charge in [0, 0.05) is 24.2 Å². The van der Waals surface area contributed by atoms with Gasteiger partial charge in [-0.1, -0.05) is 29.8 Å². The Bertz CT molecular complexity index is 386. The molecule has 19 heavy (non-hydrogen) atoms. The molecule has 108 valence electrons. The average Bonchev–Trinajstić information content (AvgIpc) is 2.34. The van der Waals surface area contributed by atoms with Crippen LogP contribution in [0.25, 0.3) is 0 Å². The van der Waals surface area contributed by atoms with Crippen LogP contribution in [0.1, 0.15) is 25.8 Å². The topological polar surface area (TPSA) is 21.3 Å².